The summed E-state index contributed by atoms with van der Waals surface area (Å²) in [4.78, 5) is 29.3. The van der Waals surface area contributed by atoms with Crippen LogP contribution in [0.25, 0.3) is 0 Å². The number of rotatable bonds is 8. The summed E-state index contributed by atoms with van der Waals surface area (Å²) in [5, 5.41) is 3.97. The molecule has 1 aliphatic heterocycles. The zero-order valence-corrected chi connectivity index (χ0v) is 26.5. The molecule has 3 fully saturated rings. The normalized spacial score (nSPS) is 21.0. The van der Waals surface area contributed by atoms with Crippen LogP contribution in [-0.2, 0) is 14.3 Å². The van der Waals surface area contributed by atoms with Crippen LogP contribution in [-0.4, -0.2) is 46.0 Å². The third kappa shape index (κ3) is 6.99. The quantitative estimate of drug-likeness (QED) is 0.246. The monoisotopic (exact) mass is 579 g/mol. The van der Waals surface area contributed by atoms with Gasteiger partial charge in [-0.1, -0.05) is 101 Å². The first-order valence-electron chi connectivity index (χ1n) is 15.6. The first-order valence-corrected chi connectivity index (χ1v) is 18.5. The van der Waals surface area contributed by atoms with Gasteiger partial charge in [-0.05, 0) is 88.0 Å². The van der Waals surface area contributed by atoms with Gasteiger partial charge in [0.1, 0.15) is 5.60 Å². The minimum atomic E-state index is -1.19. The number of amides is 1. The van der Waals surface area contributed by atoms with Crippen LogP contribution in [0.15, 0.2) is 54.6 Å². The predicted octanol–water partition coefficient (Wildman–Crippen LogP) is 7.18. The van der Waals surface area contributed by atoms with Crippen LogP contribution in [0.5, 0.6) is 0 Å². The van der Waals surface area contributed by atoms with Crippen LogP contribution in [0, 0.1) is 0 Å². The lowest BCUT2D eigenvalue weighted by molar-refractivity contribution is -0.159. The topological polar surface area (TPSA) is 46.6 Å². The van der Waals surface area contributed by atoms with Gasteiger partial charge >= 0.3 is 5.97 Å². The molecule has 2 aliphatic carbocycles. The lowest BCUT2D eigenvalue weighted by atomic mass is 9.99. The summed E-state index contributed by atoms with van der Waals surface area (Å²) in [6.45, 7) is 6.41. The third-order valence-corrected chi connectivity index (χ3v) is 15.1. The van der Waals surface area contributed by atoms with Crippen molar-refractivity contribution in [3.63, 3.8) is 0 Å². The first-order chi connectivity index (χ1) is 19.3. The fourth-order valence-electron chi connectivity index (χ4n) is 6.95. The van der Waals surface area contributed by atoms with Gasteiger partial charge in [0.15, 0.2) is 5.78 Å². The summed E-state index contributed by atoms with van der Waals surface area (Å²) in [6.07, 6.45) is 14.7. The molecule has 1 amide bonds. The Labute approximate surface area is 244 Å². The zero-order valence-electron chi connectivity index (χ0n) is 24.7. The Morgan fingerprint density at radius 2 is 1.35 bits per heavy atom. The molecule has 2 saturated carbocycles. The summed E-state index contributed by atoms with van der Waals surface area (Å²) in [5.41, 5.74) is 0.898. The Morgan fingerprint density at radius 3 is 1.88 bits per heavy atom. The maximum atomic E-state index is 14.2. The molecule has 216 valence electrons. The second-order valence-electron chi connectivity index (χ2n) is 12.8. The van der Waals surface area contributed by atoms with Crippen LogP contribution in [0.3, 0.4) is 0 Å². The number of ether oxygens (including phenoxy) is 1. The highest BCUT2D eigenvalue weighted by Crippen LogP contribution is 2.56. The molecule has 0 spiro atoms. The smallest absolute Gasteiger partial charge is 0.334 e. The van der Waals surface area contributed by atoms with Crippen LogP contribution < -0.4 is 15.9 Å². The van der Waals surface area contributed by atoms with Gasteiger partial charge < -0.3 is 9.64 Å². The molecule has 5 rings (SSSR count). The van der Waals surface area contributed by atoms with Gasteiger partial charge in [-0.25, -0.2) is 4.79 Å². The lowest BCUT2D eigenvalue weighted by Gasteiger charge is -2.42. The molecule has 2 unspecified atom stereocenters. The molecule has 6 heteroatoms. The Hall–Kier alpha value is -1.76. The molecule has 2 aromatic carbocycles. The van der Waals surface area contributed by atoms with Crippen LogP contribution in [0.1, 0.15) is 97.8 Å². The molecule has 0 N–H and O–H groups in total. The van der Waals surface area contributed by atoms with Crippen molar-refractivity contribution >= 4 is 43.6 Å². The van der Waals surface area contributed by atoms with Crippen molar-refractivity contribution in [3.8, 4) is 0 Å². The summed E-state index contributed by atoms with van der Waals surface area (Å²) < 4.78 is 6.11. The van der Waals surface area contributed by atoms with Gasteiger partial charge in [0.05, 0.1) is 0 Å². The number of benzene rings is 2. The lowest BCUT2D eigenvalue weighted by Crippen LogP contribution is -2.48. The second-order valence-corrected chi connectivity index (χ2v) is 17.8. The SMILES string of the molecule is CC(C)(C)OC(=O)C(N1CCCC1=O)P(c1ccccc1)c1ccccc1P(C1CCCCC1)C1CCCCC1. The van der Waals surface area contributed by atoms with Crippen molar-refractivity contribution < 1.29 is 14.3 Å². The molecule has 2 atom stereocenters. The van der Waals surface area contributed by atoms with E-state index in [1.165, 1.54) is 74.8 Å². The highest BCUT2D eigenvalue weighted by molar-refractivity contribution is 7.77. The highest BCUT2D eigenvalue weighted by Gasteiger charge is 2.44. The van der Waals surface area contributed by atoms with Gasteiger partial charge in [0, 0.05) is 13.0 Å². The summed E-state index contributed by atoms with van der Waals surface area (Å²) >= 11 is 0. The van der Waals surface area contributed by atoms with Gasteiger partial charge in [-0.2, -0.15) is 0 Å². The van der Waals surface area contributed by atoms with E-state index in [4.69, 9.17) is 4.74 Å². The minimum Gasteiger partial charge on any atom is -0.458 e. The van der Waals surface area contributed by atoms with Gasteiger partial charge in [0.25, 0.3) is 0 Å². The average Bonchev–Trinajstić information content (AvgIpc) is 3.38. The summed E-state index contributed by atoms with van der Waals surface area (Å²) in [6, 6.07) is 19.6. The average molecular weight is 580 g/mol. The van der Waals surface area contributed by atoms with E-state index >= 15 is 0 Å². The molecule has 0 aromatic heterocycles. The number of nitrogens with zero attached hydrogens (tertiary/aromatic N) is 1. The minimum absolute atomic E-state index is 0.0820. The van der Waals surface area contributed by atoms with Crippen LogP contribution in [0.2, 0.25) is 0 Å². The Balaban J connectivity index is 1.66. The first kappa shape index (κ1) is 29.7. The molecular weight excluding hydrogens is 532 g/mol. The molecule has 1 saturated heterocycles. The molecule has 2 aromatic rings. The molecule has 0 radical (unpaired) electrons. The Morgan fingerprint density at radius 1 is 0.800 bits per heavy atom. The molecule has 4 nitrogen and oxygen atoms in total. The van der Waals surface area contributed by atoms with E-state index < -0.39 is 19.3 Å². The highest BCUT2D eigenvalue weighted by atomic mass is 31.1. The van der Waals surface area contributed by atoms with Crippen molar-refractivity contribution in [3.05, 3.63) is 54.6 Å². The van der Waals surface area contributed by atoms with Crippen LogP contribution in [0.4, 0.5) is 0 Å². The number of likely N-dealkylation sites (tertiary alicyclic amines) is 1. The van der Waals surface area contributed by atoms with Gasteiger partial charge in [-0.3, -0.25) is 4.79 Å². The fourth-order valence-corrected chi connectivity index (χ4v) is 14.1. The summed E-state index contributed by atoms with van der Waals surface area (Å²) in [7, 11) is -1.56. The van der Waals surface area contributed by atoms with Crippen molar-refractivity contribution in [2.24, 2.45) is 0 Å². The number of hydrogen-bond donors (Lipinski definition) is 0. The maximum Gasteiger partial charge on any atom is 0.334 e. The molecule has 0 bridgehead atoms. The fraction of sp³-hybridized carbons (Fsp3) is 0.588. The Kier molecular flexibility index (Phi) is 10.0. The second kappa shape index (κ2) is 13.5. The van der Waals surface area contributed by atoms with E-state index in [1.54, 1.807) is 0 Å². The van der Waals surface area contributed by atoms with E-state index in [0.29, 0.717) is 13.0 Å². The van der Waals surface area contributed by atoms with Crippen molar-refractivity contribution in [2.75, 3.05) is 6.54 Å². The molecule has 40 heavy (non-hydrogen) atoms. The van der Waals surface area contributed by atoms with E-state index in [9.17, 15) is 9.59 Å². The van der Waals surface area contributed by atoms with E-state index in [2.05, 4.69) is 48.5 Å². The molecular formula is C34H47NO3P2. The number of esters is 1. The largest absolute Gasteiger partial charge is 0.458 e. The summed E-state index contributed by atoms with van der Waals surface area (Å²) in [5.74, 6) is -0.784. The van der Waals surface area contributed by atoms with E-state index in [1.807, 2.05) is 31.7 Å². The predicted molar refractivity (Wildman–Crippen MR) is 170 cm³/mol. The molecule has 3 aliphatic rings. The van der Waals surface area contributed by atoms with E-state index in [-0.39, 0.29) is 19.8 Å². The van der Waals surface area contributed by atoms with E-state index in [0.717, 1.165) is 23.0 Å². The van der Waals surface area contributed by atoms with Crippen LogP contribution >= 0.6 is 15.8 Å². The number of carbonyl (C=O) groups is 2. The third-order valence-electron chi connectivity index (χ3n) is 8.66. The van der Waals surface area contributed by atoms with Gasteiger partial charge in [0.2, 0.25) is 5.91 Å². The van der Waals surface area contributed by atoms with Crippen molar-refractivity contribution in [1.29, 1.82) is 0 Å². The number of hydrogen-bond acceptors (Lipinski definition) is 3. The van der Waals surface area contributed by atoms with Gasteiger partial charge in [-0.15, -0.1) is 0 Å². The number of carbonyl (C=O) groups excluding carboxylic acids is 2. The van der Waals surface area contributed by atoms with Crippen molar-refractivity contribution in [1.82, 2.24) is 4.90 Å². The maximum absolute atomic E-state index is 14.2. The zero-order chi connectivity index (χ0) is 28.1. The Bertz CT molecular complexity index is 1120. The standard InChI is InChI=1S/C34H47NO3P2/c1-34(2,3)38-33(37)32(35-25-15-24-31(35)36)40(28-20-11-6-12-21-28)30-23-14-13-22-29(30)39(26-16-7-4-8-17-26)27-18-9-5-10-19-27/h6,11-14,20-23,26-27,32H,4-5,7-10,15-19,24-25H2,1-3H3. The molecule has 1 heterocycles. The van der Waals surface area contributed by atoms with Crippen molar-refractivity contribution in [2.45, 2.75) is 121 Å².